The minimum Gasteiger partial charge on any atom is -0.458 e. The quantitative estimate of drug-likeness (QED) is 0.429. The molecule has 0 aromatic carbocycles. The van der Waals surface area contributed by atoms with Crippen LogP contribution in [0.2, 0.25) is 0 Å². The van der Waals surface area contributed by atoms with Crippen LogP contribution in [0.25, 0.3) is 0 Å². The van der Waals surface area contributed by atoms with Crippen LogP contribution in [0.15, 0.2) is 12.7 Å². The second-order valence-corrected chi connectivity index (χ2v) is 0.385. The molecule has 1 atom stereocenters. The summed E-state index contributed by atoms with van der Waals surface area (Å²) in [6, 6.07) is 0. The van der Waals surface area contributed by atoms with E-state index >= 15 is 0 Å². The first kappa shape index (κ1) is 15.9. The summed E-state index contributed by atoms with van der Waals surface area (Å²) in [6.45, 7) is 4.06. The molecule has 0 amide bonds. The van der Waals surface area contributed by atoms with Crippen LogP contribution in [0.1, 0.15) is 0 Å². The van der Waals surface area contributed by atoms with Gasteiger partial charge in [-0.15, -0.1) is 6.61 Å². The Balaban J connectivity index is -0.0000000450. The molecule has 0 rings (SSSR count). The minimum atomic E-state index is 0. The Morgan fingerprint density at radius 1 is 1.67 bits per heavy atom. The van der Waals surface area contributed by atoms with Crippen molar-refractivity contribution in [3.63, 3.8) is 0 Å². The van der Waals surface area contributed by atoms with Crippen LogP contribution < -0.4 is 0 Å². The summed E-state index contributed by atoms with van der Waals surface area (Å²) in [7, 11) is 0. The molecule has 42 valence electrons. The molecule has 1 unspecified atom stereocenters. The van der Waals surface area contributed by atoms with Crippen molar-refractivity contribution in [2.24, 2.45) is 0 Å². The molecule has 0 aliphatic carbocycles. The van der Waals surface area contributed by atoms with Gasteiger partial charge in [0.05, 0.1) is 0 Å². The van der Waals surface area contributed by atoms with Crippen LogP contribution >= 0.6 is 9.90 Å². The zero-order chi connectivity index (χ0) is 3.41. The number of hydrogen-bond donors (Lipinski definition) is 1. The van der Waals surface area contributed by atoms with E-state index in [2.05, 4.69) is 6.58 Å². The molecule has 0 aliphatic rings. The van der Waals surface area contributed by atoms with E-state index in [0.717, 1.165) is 6.61 Å². The molecule has 6 heavy (non-hydrogen) atoms. The summed E-state index contributed by atoms with van der Waals surface area (Å²) >= 11 is 0. The van der Waals surface area contributed by atoms with E-state index in [4.69, 9.17) is 5.11 Å². The molecular weight excluding hydrogens is 280 g/mol. The van der Waals surface area contributed by atoms with E-state index < -0.39 is 0 Å². The zero-order valence-corrected chi connectivity index (χ0v) is 6.90. The van der Waals surface area contributed by atoms with E-state index in [9.17, 15) is 0 Å². The Kier molecular flexibility index (Phi) is 45.5. The molecule has 0 spiro atoms. The molecule has 0 heterocycles. The standard InChI is InChI=1S/C3H5O.Au.H3P/c1-2-3-4;;/h2-4H,1H2;;1H3/q-1;+1;. The number of rotatable bonds is 1. The summed E-state index contributed by atoms with van der Waals surface area (Å²) in [4.78, 5) is 0. The van der Waals surface area contributed by atoms with E-state index in [0.29, 0.717) is 0 Å². The van der Waals surface area contributed by atoms with Crippen molar-refractivity contribution in [1.82, 2.24) is 0 Å². The maximum absolute atomic E-state index is 7.63. The van der Waals surface area contributed by atoms with Crippen molar-refractivity contribution in [1.29, 1.82) is 0 Å². The molecular formula is C3H8AuOP. The van der Waals surface area contributed by atoms with Gasteiger partial charge >= 0.3 is 22.4 Å². The second kappa shape index (κ2) is 17.2. The predicted octanol–water partition coefficient (Wildman–Crippen LogP) is 0.762. The molecule has 0 radical (unpaired) electrons. The van der Waals surface area contributed by atoms with Gasteiger partial charge < -0.3 is 5.11 Å². The van der Waals surface area contributed by atoms with Crippen molar-refractivity contribution >= 4 is 9.90 Å². The summed E-state index contributed by atoms with van der Waals surface area (Å²) in [6.07, 6.45) is 1.31. The summed E-state index contributed by atoms with van der Waals surface area (Å²) in [5, 5.41) is 7.63. The van der Waals surface area contributed by atoms with Crippen LogP contribution in [0.3, 0.4) is 0 Å². The molecule has 1 nitrogen and oxygen atoms in total. The van der Waals surface area contributed by atoms with Gasteiger partial charge in [0.15, 0.2) is 0 Å². The van der Waals surface area contributed by atoms with Gasteiger partial charge in [0.25, 0.3) is 0 Å². The fraction of sp³-hybridized carbons (Fsp3) is 0. The average Bonchev–Trinajstić information content (AvgIpc) is 1.37. The summed E-state index contributed by atoms with van der Waals surface area (Å²) < 4.78 is 0. The Labute approximate surface area is 57.0 Å². The van der Waals surface area contributed by atoms with E-state index in [1.54, 1.807) is 0 Å². The van der Waals surface area contributed by atoms with E-state index in [1.807, 2.05) is 0 Å². The van der Waals surface area contributed by atoms with Crippen molar-refractivity contribution < 1.29 is 27.5 Å². The Morgan fingerprint density at radius 2 is 1.83 bits per heavy atom. The van der Waals surface area contributed by atoms with Crippen LogP contribution in [-0.2, 0) is 22.4 Å². The molecule has 0 bridgehead atoms. The van der Waals surface area contributed by atoms with Gasteiger partial charge in [-0.25, -0.2) is 12.7 Å². The van der Waals surface area contributed by atoms with Crippen molar-refractivity contribution in [3.8, 4) is 0 Å². The number of aliphatic hydroxyl groups is 1. The normalized spacial score (nSPS) is 3.50. The molecule has 3 heteroatoms. The molecule has 0 aliphatic heterocycles. The molecule has 0 saturated heterocycles. The zero-order valence-electron chi connectivity index (χ0n) is 3.32. The monoisotopic (exact) mass is 288 g/mol. The van der Waals surface area contributed by atoms with Gasteiger partial charge in [-0.2, -0.15) is 9.90 Å². The van der Waals surface area contributed by atoms with Gasteiger partial charge in [0, 0.05) is 0 Å². The van der Waals surface area contributed by atoms with Gasteiger partial charge in [0.1, 0.15) is 0 Å². The van der Waals surface area contributed by atoms with Gasteiger partial charge in [0.2, 0.25) is 0 Å². The SMILES string of the molecule is C=C[CH-]O.P.[Au+]. The Morgan fingerprint density at radius 3 is 1.83 bits per heavy atom. The van der Waals surface area contributed by atoms with Gasteiger partial charge in [-0.3, -0.25) is 0 Å². The third-order valence-electron chi connectivity index (χ3n) is 0.105. The van der Waals surface area contributed by atoms with Crippen LogP contribution in [-0.4, -0.2) is 5.11 Å². The minimum absolute atomic E-state index is 0. The predicted molar refractivity (Wildman–Crippen MR) is 27.5 cm³/mol. The van der Waals surface area contributed by atoms with Crippen molar-refractivity contribution in [2.75, 3.05) is 0 Å². The first-order valence-electron chi connectivity index (χ1n) is 1.000. The Bertz CT molecular complexity index is 24.8. The third kappa shape index (κ3) is 21.9. The topological polar surface area (TPSA) is 20.2 Å². The fourth-order valence-corrected chi connectivity index (χ4v) is 0. The number of hydrogen-bond acceptors (Lipinski definition) is 1. The molecule has 0 aromatic rings. The second-order valence-electron chi connectivity index (χ2n) is 0.385. The van der Waals surface area contributed by atoms with Crippen molar-refractivity contribution in [2.45, 2.75) is 0 Å². The first-order valence-corrected chi connectivity index (χ1v) is 1.000. The smallest absolute Gasteiger partial charge is 0.458 e. The molecule has 0 saturated carbocycles. The molecule has 0 aromatic heterocycles. The maximum Gasteiger partial charge on any atom is 1.00 e. The third-order valence-corrected chi connectivity index (χ3v) is 0.105. The van der Waals surface area contributed by atoms with Crippen LogP contribution in [0, 0.1) is 6.61 Å². The van der Waals surface area contributed by atoms with E-state index in [-0.39, 0.29) is 32.3 Å². The number of aliphatic hydroxyl groups excluding tert-OH is 1. The van der Waals surface area contributed by atoms with Crippen LogP contribution in [0.5, 0.6) is 0 Å². The average molecular weight is 288 g/mol. The summed E-state index contributed by atoms with van der Waals surface area (Å²) in [5.41, 5.74) is 0. The molecule has 0 fully saturated rings. The Hall–Kier alpha value is 0.740. The van der Waals surface area contributed by atoms with Crippen molar-refractivity contribution in [3.05, 3.63) is 19.3 Å². The van der Waals surface area contributed by atoms with Gasteiger partial charge in [-0.1, -0.05) is 0 Å². The molecule has 1 N–H and O–H groups in total. The van der Waals surface area contributed by atoms with Gasteiger partial charge in [-0.05, 0) is 0 Å². The summed E-state index contributed by atoms with van der Waals surface area (Å²) in [5.74, 6) is 0. The van der Waals surface area contributed by atoms with Crippen LogP contribution in [0.4, 0.5) is 0 Å². The fourth-order valence-electron chi connectivity index (χ4n) is 0. The van der Waals surface area contributed by atoms with E-state index in [1.165, 1.54) is 6.08 Å². The first-order chi connectivity index (χ1) is 1.91. The largest absolute Gasteiger partial charge is 1.00 e. The maximum atomic E-state index is 7.63.